The molecular weight excluding hydrogens is 243 g/mol. The maximum atomic E-state index is 13.0. The van der Waals surface area contributed by atoms with E-state index in [9.17, 15) is 9.50 Å². The fraction of sp³-hybridized carbons (Fsp3) is 0.273. The zero-order valence-corrected chi connectivity index (χ0v) is 10.2. The molecule has 0 spiro atoms. The van der Waals surface area contributed by atoms with Gasteiger partial charge in [0.25, 0.3) is 5.89 Å². The molecule has 2 aromatic rings. The van der Waals surface area contributed by atoms with Crippen molar-refractivity contribution in [3.05, 3.63) is 29.9 Å². The highest BCUT2D eigenvalue weighted by molar-refractivity contribution is 7.80. The number of rotatable bonds is 2. The average molecular weight is 254 g/mol. The maximum Gasteiger partial charge on any atom is 0.258 e. The molecule has 17 heavy (non-hydrogen) atoms. The van der Waals surface area contributed by atoms with Crippen LogP contribution in [-0.4, -0.2) is 15.2 Å². The Bertz CT molecular complexity index is 549. The van der Waals surface area contributed by atoms with Gasteiger partial charge in [-0.25, -0.2) is 4.39 Å². The molecule has 1 N–H and O–H groups in total. The third kappa shape index (κ3) is 2.48. The summed E-state index contributed by atoms with van der Waals surface area (Å²) < 4.78 is 18.0. The summed E-state index contributed by atoms with van der Waals surface area (Å²) in [4.78, 5) is 4.24. The SMILES string of the molecule is CC(C)(O)c1nc(-c2ccc(F)c(S)c2)no1. The number of benzene rings is 1. The zero-order valence-electron chi connectivity index (χ0n) is 9.31. The summed E-state index contributed by atoms with van der Waals surface area (Å²) in [5.74, 6) is -0.0155. The van der Waals surface area contributed by atoms with Gasteiger partial charge in [0.2, 0.25) is 5.82 Å². The third-order valence-electron chi connectivity index (χ3n) is 2.15. The molecule has 0 fully saturated rings. The van der Waals surface area contributed by atoms with Crippen LogP contribution in [0, 0.1) is 5.82 Å². The van der Waals surface area contributed by atoms with Gasteiger partial charge in [-0.2, -0.15) is 4.98 Å². The Hall–Kier alpha value is -1.40. The molecule has 1 aromatic carbocycles. The van der Waals surface area contributed by atoms with Gasteiger partial charge in [-0.3, -0.25) is 0 Å². The Labute approximate surface area is 103 Å². The van der Waals surface area contributed by atoms with Gasteiger partial charge in [0, 0.05) is 10.5 Å². The molecule has 4 nitrogen and oxygen atoms in total. The van der Waals surface area contributed by atoms with Crippen molar-refractivity contribution >= 4 is 12.6 Å². The van der Waals surface area contributed by atoms with Gasteiger partial charge < -0.3 is 9.63 Å². The second kappa shape index (κ2) is 4.12. The fourth-order valence-electron chi connectivity index (χ4n) is 1.24. The van der Waals surface area contributed by atoms with Crippen LogP contribution in [0.5, 0.6) is 0 Å². The minimum Gasteiger partial charge on any atom is -0.381 e. The lowest BCUT2D eigenvalue weighted by Gasteiger charge is -2.09. The summed E-state index contributed by atoms with van der Waals surface area (Å²) in [6.45, 7) is 3.08. The van der Waals surface area contributed by atoms with E-state index in [2.05, 4.69) is 22.8 Å². The summed E-state index contributed by atoms with van der Waals surface area (Å²) in [6, 6.07) is 4.29. The number of aliphatic hydroxyl groups is 1. The van der Waals surface area contributed by atoms with Crippen LogP contribution in [0.1, 0.15) is 19.7 Å². The molecule has 0 aliphatic heterocycles. The molecule has 0 unspecified atom stereocenters. The van der Waals surface area contributed by atoms with Gasteiger partial charge in [-0.05, 0) is 32.0 Å². The van der Waals surface area contributed by atoms with Gasteiger partial charge in [0.05, 0.1) is 0 Å². The monoisotopic (exact) mass is 254 g/mol. The first-order valence-corrected chi connectivity index (χ1v) is 5.38. The topological polar surface area (TPSA) is 59.2 Å². The largest absolute Gasteiger partial charge is 0.381 e. The van der Waals surface area contributed by atoms with E-state index in [4.69, 9.17) is 4.52 Å². The smallest absolute Gasteiger partial charge is 0.258 e. The standard InChI is InChI=1S/C11H11FN2O2S/c1-11(2,15)10-13-9(14-16-10)6-3-4-7(12)8(17)5-6/h3-5,15,17H,1-2H3. The Morgan fingerprint density at radius 2 is 2.12 bits per heavy atom. The van der Waals surface area contributed by atoms with Gasteiger partial charge in [0.1, 0.15) is 11.4 Å². The summed E-state index contributed by atoms with van der Waals surface area (Å²) in [5, 5.41) is 13.4. The highest BCUT2D eigenvalue weighted by Crippen LogP contribution is 2.24. The molecule has 0 aliphatic rings. The molecule has 0 saturated carbocycles. The lowest BCUT2D eigenvalue weighted by molar-refractivity contribution is 0.0420. The van der Waals surface area contributed by atoms with Gasteiger partial charge in [0.15, 0.2) is 0 Å². The van der Waals surface area contributed by atoms with Crippen LogP contribution in [0.15, 0.2) is 27.6 Å². The van der Waals surface area contributed by atoms with E-state index in [0.29, 0.717) is 5.56 Å². The van der Waals surface area contributed by atoms with Crippen LogP contribution in [0.25, 0.3) is 11.4 Å². The van der Waals surface area contributed by atoms with E-state index in [-0.39, 0.29) is 16.6 Å². The van der Waals surface area contributed by atoms with Crippen molar-refractivity contribution < 1.29 is 14.0 Å². The van der Waals surface area contributed by atoms with Gasteiger partial charge in [-0.15, -0.1) is 12.6 Å². The summed E-state index contributed by atoms with van der Waals surface area (Å²) in [5.41, 5.74) is -0.620. The third-order valence-corrected chi connectivity index (χ3v) is 2.50. The van der Waals surface area contributed by atoms with Crippen molar-refractivity contribution in [3.63, 3.8) is 0 Å². The van der Waals surface area contributed by atoms with Crippen LogP contribution in [0.2, 0.25) is 0 Å². The van der Waals surface area contributed by atoms with E-state index >= 15 is 0 Å². The van der Waals surface area contributed by atoms with Crippen LogP contribution >= 0.6 is 12.6 Å². The van der Waals surface area contributed by atoms with E-state index in [1.807, 2.05) is 0 Å². The molecule has 0 saturated heterocycles. The Morgan fingerprint density at radius 1 is 1.41 bits per heavy atom. The lowest BCUT2D eigenvalue weighted by atomic mass is 10.1. The van der Waals surface area contributed by atoms with E-state index in [1.165, 1.54) is 18.2 Å². The van der Waals surface area contributed by atoms with Crippen LogP contribution in [0.4, 0.5) is 4.39 Å². The van der Waals surface area contributed by atoms with Crippen molar-refractivity contribution in [2.24, 2.45) is 0 Å². The van der Waals surface area contributed by atoms with E-state index < -0.39 is 11.4 Å². The predicted molar refractivity (Wildman–Crippen MR) is 62.2 cm³/mol. The first-order valence-electron chi connectivity index (χ1n) is 4.93. The molecule has 90 valence electrons. The molecule has 0 aliphatic carbocycles. The van der Waals surface area contributed by atoms with Gasteiger partial charge >= 0.3 is 0 Å². The first-order chi connectivity index (χ1) is 7.88. The minimum atomic E-state index is -1.20. The quantitative estimate of drug-likeness (QED) is 0.808. The van der Waals surface area contributed by atoms with E-state index in [0.717, 1.165) is 0 Å². The molecule has 0 amide bonds. The summed E-state index contributed by atoms with van der Waals surface area (Å²) in [6.07, 6.45) is 0. The van der Waals surface area contributed by atoms with Crippen molar-refractivity contribution in [1.82, 2.24) is 10.1 Å². The number of aromatic nitrogens is 2. The van der Waals surface area contributed by atoms with Crippen LogP contribution in [0.3, 0.4) is 0 Å². The number of nitrogens with zero attached hydrogens (tertiary/aromatic N) is 2. The van der Waals surface area contributed by atoms with Crippen molar-refractivity contribution in [2.75, 3.05) is 0 Å². The molecule has 0 atom stereocenters. The predicted octanol–water partition coefficient (Wildman–Crippen LogP) is 2.39. The van der Waals surface area contributed by atoms with Crippen molar-refractivity contribution in [3.8, 4) is 11.4 Å². The van der Waals surface area contributed by atoms with Crippen LogP contribution in [-0.2, 0) is 5.60 Å². The maximum absolute atomic E-state index is 13.0. The van der Waals surface area contributed by atoms with Crippen molar-refractivity contribution in [2.45, 2.75) is 24.3 Å². The molecule has 0 radical (unpaired) electrons. The second-order valence-electron chi connectivity index (χ2n) is 4.15. The lowest BCUT2D eigenvalue weighted by Crippen LogP contribution is -2.15. The second-order valence-corrected chi connectivity index (χ2v) is 4.63. The molecule has 1 heterocycles. The molecule has 1 aromatic heterocycles. The Kier molecular flexibility index (Phi) is 2.92. The van der Waals surface area contributed by atoms with Crippen LogP contribution < -0.4 is 0 Å². The number of halogens is 1. The Balaban J connectivity index is 2.40. The number of hydrogen-bond acceptors (Lipinski definition) is 5. The Morgan fingerprint density at radius 3 is 2.65 bits per heavy atom. The zero-order chi connectivity index (χ0) is 12.6. The summed E-state index contributed by atoms with van der Waals surface area (Å²) in [7, 11) is 0. The fourth-order valence-corrected chi connectivity index (χ4v) is 1.45. The number of thiol groups is 1. The normalized spacial score (nSPS) is 11.8. The van der Waals surface area contributed by atoms with Crippen molar-refractivity contribution in [1.29, 1.82) is 0 Å². The first kappa shape index (κ1) is 12.1. The molecule has 0 bridgehead atoms. The summed E-state index contributed by atoms with van der Waals surface area (Å²) >= 11 is 3.97. The highest BCUT2D eigenvalue weighted by atomic mass is 32.1. The average Bonchev–Trinajstić information content (AvgIpc) is 2.70. The van der Waals surface area contributed by atoms with Gasteiger partial charge in [-0.1, -0.05) is 5.16 Å². The molecular formula is C11H11FN2O2S. The minimum absolute atomic E-state index is 0.109. The van der Waals surface area contributed by atoms with E-state index in [1.54, 1.807) is 13.8 Å². The molecule has 6 heteroatoms. The highest BCUT2D eigenvalue weighted by Gasteiger charge is 2.24. The molecule has 2 rings (SSSR count). The number of hydrogen-bond donors (Lipinski definition) is 2.